The summed E-state index contributed by atoms with van der Waals surface area (Å²) in [5, 5.41) is 0. The van der Waals surface area contributed by atoms with Gasteiger partial charge in [0.15, 0.2) is 0 Å². The van der Waals surface area contributed by atoms with Crippen LogP contribution in [0.15, 0.2) is 17.0 Å². The van der Waals surface area contributed by atoms with E-state index in [1.807, 2.05) is 0 Å². The molecule has 0 atom stereocenters. The molecule has 0 saturated heterocycles. The topological polar surface area (TPSA) is 64.9 Å². The van der Waals surface area contributed by atoms with Gasteiger partial charge in [0.2, 0.25) is 0 Å². The molecule has 1 rings (SSSR count). The van der Waals surface area contributed by atoms with Crippen molar-refractivity contribution in [3.8, 4) is 0 Å². The zero-order valence-corrected chi connectivity index (χ0v) is 7.37. The van der Waals surface area contributed by atoms with E-state index in [4.69, 9.17) is 11.5 Å². The highest BCUT2D eigenvalue weighted by molar-refractivity contribution is 8.45. The first kappa shape index (κ1) is 10.8. The first-order valence-electron chi connectivity index (χ1n) is 3.15. The Morgan fingerprint density at radius 3 is 1.57 bits per heavy atom. The Labute approximate surface area is 75.6 Å². The highest BCUT2D eigenvalue weighted by Gasteiger charge is 2.65. The zero-order valence-electron chi connectivity index (χ0n) is 6.55. The van der Waals surface area contributed by atoms with Gasteiger partial charge < -0.3 is 11.5 Å². The predicted octanol–water partition coefficient (Wildman–Crippen LogP) is 2.90. The lowest BCUT2D eigenvalue weighted by Gasteiger charge is -2.40. The Bertz CT molecular complexity index is 365. The largest absolute Gasteiger partial charge is 0.384 e. The van der Waals surface area contributed by atoms with Gasteiger partial charge in [-0.1, -0.05) is 19.4 Å². The third-order valence-corrected chi connectivity index (χ3v) is 2.41. The molecule has 0 aliphatic rings. The van der Waals surface area contributed by atoms with Crippen LogP contribution >= 0.6 is 10.2 Å². The van der Waals surface area contributed by atoms with Crippen LogP contribution in [0.4, 0.5) is 31.1 Å². The summed E-state index contributed by atoms with van der Waals surface area (Å²) in [6, 6.07) is 0.107. The number of hydrogen-bond acceptors (Lipinski definition) is 3. The van der Waals surface area contributed by atoms with E-state index in [2.05, 4.69) is 4.98 Å². The molecule has 4 N–H and O–H groups in total. The monoisotopic (exact) mass is 235 g/mol. The highest BCUT2D eigenvalue weighted by atomic mass is 32.5. The second-order valence-corrected chi connectivity index (χ2v) is 5.03. The van der Waals surface area contributed by atoms with Crippen molar-refractivity contribution >= 4 is 21.9 Å². The predicted molar refractivity (Wildman–Crippen MR) is 44.5 cm³/mol. The van der Waals surface area contributed by atoms with Crippen molar-refractivity contribution in [3.05, 3.63) is 12.1 Å². The lowest BCUT2D eigenvalue weighted by atomic mass is 10.4. The van der Waals surface area contributed by atoms with Gasteiger partial charge >= 0.3 is 10.2 Å². The molecule has 1 aromatic rings. The van der Waals surface area contributed by atoms with Crippen molar-refractivity contribution < 1.29 is 19.4 Å². The molecule has 3 nitrogen and oxygen atoms in total. The Morgan fingerprint density at radius 1 is 0.929 bits per heavy atom. The molecular weight excluding hydrogens is 229 g/mol. The maximum atomic E-state index is 12.2. The molecule has 1 aromatic heterocycles. The molecule has 0 unspecified atom stereocenters. The fraction of sp³-hybridized carbons (Fsp3) is 0. The van der Waals surface area contributed by atoms with Gasteiger partial charge in [-0.15, -0.1) is 0 Å². The summed E-state index contributed by atoms with van der Waals surface area (Å²) >= 11 is 0. The van der Waals surface area contributed by atoms with E-state index in [0.717, 1.165) is 0 Å². The molecule has 0 saturated carbocycles. The van der Waals surface area contributed by atoms with E-state index < -0.39 is 26.8 Å². The molecule has 0 spiro atoms. The second kappa shape index (κ2) is 2.05. The van der Waals surface area contributed by atoms with Crippen molar-refractivity contribution in [2.75, 3.05) is 11.5 Å². The number of pyridine rings is 1. The van der Waals surface area contributed by atoms with E-state index in [9.17, 15) is 19.4 Å². The van der Waals surface area contributed by atoms with Crippen LogP contribution < -0.4 is 11.5 Å². The van der Waals surface area contributed by atoms with Crippen LogP contribution in [-0.4, -0.2) is 4.98 Å². The standard InChI is InChI=1S/C5H6F5N3S/c6-14(7,8,9,10)3-1-4(11)13-5(12)2-3/h1-2H,(H4,11,12,13). The lowest BCUT2D eigenvalue weighted by Crippen LogP contribution is -2.08. The van der Waals surface area contributed by atoms with Crippen molar-refractivity contribution in [1.82, 2.24) is 4.98 Å². The fourth-order valence-corrected chi connectivity index (χ4v) is 1.46. The minimum atomic E-state index is -9.70. The van der Waals surface area contributed by atoms with E-state index in [1.165, 1.54) is 0 Å². The Morgan fingerprint density at radius 2 is 1.29 bits per heavy atom. The smallest absolute Gasteiger partial charge is 0.310 e. The summed E-state index contributed by atoms with van der Waals surface area (Å²) in [7, 11) is -9.70. The molecule has 0 aromatic carbocycles. The van der Waals surface area contributed by atoms with Crippen LogP contribution in [0.5, 0.6) is 0 Å². The Hall–Kier alpha value is -1.25. The quantitative estimate of drug-likeness (QED) is 0.735. The number of hydrogen-bond donors (Lipinski definition) is 2. The van der Waals surface area contributed by atoms with Crippen LogP contribution in [0.25, 0.3) is 0 Å². The van der Waals surface area contributed by atoms with Crippen molar-refractivity contribution in [2.24, 2.45) is 0 Å². The molecule has 0 aliphatic heterocycles. The fourth-order valence-electron chi connectivity index (χ4n) is 0.770. The van der Waals surface area contributed by atoms with Gasteiger partial charge in [-0.25, -0.2) is 4.98 Å². The van der Waals surface area contributed by atoms with Crippen LogP contribution in [-0.2, 0) is 0 Å². The Balaban J connectivity index is 3.50. The summed E-state index contributed by atoms with van der Waals surface area (Å²) in [4.78, 5) is 1.02. The maximum Gasteiger partial charge on any atom is 0.310 e. The molecule has 0 amide bonds. The van der Waals surface area contributed by atoms with Gasteiger partial charge in [-0.3, -0.25) is 0 Å². The number of nitrogen functional groups attached to an aromatic ring is 2. The molecule has 82 valence electrons. The van der Waals surface area contributed by atoms with Crippen molar-refractivity contribution in [2.45, 2.75) is 4.90 Å². The number of anilines is 2. The molecule has 1 heterocycles. The molecular formula is C5H6F5N3S. The lowest BCUT2D eigenvalue weighted by molar-refractivity contribution is 0.364. The SMILES string of the molecule is Nc1cc(S(F)(F)(F)(F)F)cc(N)n1. The van der Waals surface area contributed by atoms with Crippen molar-refractivity contribution in [3.63, 3.8) is 0 Å². The van der Waals surface area contributed by atoms with Gasteiger partial charge in [0.25, 0.3) is 0 Å². The minimum absolute atomic E-state index is 0.0535. The van der Waals surface area contributed by atoms with E-state index >= 15 is 0 Å². The summed E-state index contributed by atoms with van der Waals surface area (Å²) in [6.45, 7) is 0. The molecule has 14 heavy (non-hydrogen) atoms. The van der Waals surface area contributed by atoms with Crippen LogP contribution in [0, 0.1) is 0 Å². The van der Waals surface area contributed by atoms with E-state index in [-0.39, 0.29) is 12.1 Å². The normalized spacial score (nSPS) is 17.2. The summed E-state index contributed by atoms with van der Waals surface area (Å²) < 4.78 is 60.8. The summed E-state index contributed by atoms with van der Waals surface area (Å²) in [6.07, 6.45) is 0. The molecule has 0 fully saturated rings. The van der Waals surface area contributed by atoms with Gasteiger partial charge in [0, 0.05) is 12.1 Å². The minimum Gasteiger partial charge on any atom is -0.384 e. The van der Waals surface area contributed by atoms with Gasteiger partial charge in [-0.2, -0.15) is 0 Å². The van der Waals surface area contributed by atoms with Gasteiger partial charge in [0.05, 0.1) is 0 Å². The van der Waals surface area contributed by atoms with Crippen molar-refractivity contribution in [1.29, 1.82) is 0 Å². The number of nitrogens with two attached hydrogens (primary N) is 2. The molecule has 9 heteroatoms. The summed E-state index contributed by atoms with van der Waals surface area (Å²) in [5.41, 5.74) is 9.74. The first-order valence-corrected chi connectivity index (χ1v) is 5.11. The van der Waals surface area contributed by atoms with E-state index in [0.29, 0.717) is 0 Å². The number of rotatable bonds is 1. The van der Waals surface area contributed by atoms with Crippen LogP contribution in [0.3, 0.4) is 0 Å². The van der Waals surface area contributed by atoms with Crippen LogP contribution in [0.1, 0.15) is 0 Å². The van der Waals surface area contributed by atoms with Gasteiger partial charge in [-0.05, 0) is 0 Å². The average Bonchev–Trinajstić information content (AvgIpc) is 1.78. The number of aromatic nitrogens is 1. The van der Waals surface area contributed by atoms with Gasteiger partial charge in [0.1, 0.15) is 16.5 Å². The second-order valence-electron chi connectivity index (χ2n) is 2.62. The third-order valence-electron chi connectivity index (χ3n) is 1.28. The Kier molecular flexibility index (Phi) is 1.58. The molecule has 0 radical (unpaired) electrons. The summed E-state index contributed by atoms with van der Waals surface area (Å²) in [5.74, 6) is -1.40. The molecule has 0 bridgehead atoms. The number of nitrogens with zero attached hydrogens (tertiary/aromatic N) is 1. The van der Waals surface area contributed by atoms with Crippen LogP contribution in [0.2, 0.25) is 0 Å². The first-order chi connectivity index (χ1) is 5.88. The maximum absolute atomic E-state index is 12.2. The number of halogens is 5. The third kappa shape index (κ3) is 2.37. The molecule has 0 aliphatic carbocycles. The highest BCUT2D eigenvalue weighted by Crippen LogP contribution is 3.02. The zero-order chi connectivity index (χ0) is 11.3. The average molecular weight is 235 g/mol. The van der Waals surface area contributed by atoms with E-state index in [1.54, 1.807) is 0 Å².